The molecule has 0 radical (unpaired) electrons. The Kier molecular flexibility index (Phi) is 4.74. The normalized spacial score (nSPS) is 10.5. The molecule has 78 valence electrons. The van der Waals surface area contributed by atoms with E-state index in [1.807, 2.05) is 25.1 Å². The van der Waals surface area contributed by atoms with E-state index in [2.05, 4.69) is 10.3 Å². The van der Waals surface area contributed by atoms with Crippen molar-refractivity contribution in [3.05, 3.63) is 30.3 Å². The van der Waals surface area contributed by atoms with E-state index < -0.39 is 0 Å². The van der Waals surface area contributed by atoms with Gasteiger partial charge in [-0.25, -0.2) is 0 Å². The molecule has 0 aliphatic heterocycles. The minimum absolute atomic E-state index is 0.241. The summed E-state index contributed by atoms with van der Waals surface area (Å²) in [4.78, 5) is 3.55. The van der Waals surface area contributed by atoms with Crippen molar-refractivity contribution in [3.63, 3.8) is 0 Å². The fourth-order valence-electron chi connectivity index (χ4n) is 0.976. The summed E-state index contributed by atoms with van der Waals surface area (Å²) in [5.74, 6) is 0.662. The van der Waals surface area contributed by atoms with Crippen LogP contribution in [-0.2, 0) is 0 Å². The van der Waals surface area contributed by atoms with Crippen molar-refractivity contribution in [2.45, 2.75) is 13.3 Å². The Balaban J connectivity index is 2.60. The fraction of sp³-hybridized carbons (Fsp3) is 0.273. The number of amidine groups is 1. The second kappa shape index (κ2) is 6.44. The van der Waals surface area contributed by atoms with Crippen LogP contribution >= 0.6 is 0 Å². The Labute approximate surface area is 89.2 Å². The van der Waals surface area contributed by atoms with Gasteiger partial charge in [0.15, 0.2) is 0 Å². The highest BCUT2D eigenvalue weighted by atomic mass is 16.5. The lowest BCUT2D eigenvalue weighted by Gasteiger charge is -2.08. The van der Waals surface area contributed by atoms with Crippen molar-refractivity contribution >= 4 is 6.02 Å². The van der Waals surface area contributed by atoms with Crippen molar-refractivity contribution in [1.82, 2.24) is 5.32 Å². The topological polar surface area (TPSA) is 57.4 Å². The highest BCUT2D eigenvalue weighted by Crippen LogP contribution is 2.08. The van der Waals surface area contributed by atoms with Crippen molar-refractivity contribution < 1.29 is 4.74 Å². The molecule has 0 unspecified atom stereocenters. The standard InChI is InChI=1S/C11H13N3O/c1-2-8-13-11(14-9-12)15-10-6-4-3-5-7-10/h3-7H,2,8H2,1H3,(H,13,14). The summed E-state index contributed by atoms with van der Waals surface area (Å²) >= 11 is 0. The molecule has 1 aromatic rings. The lowest BCUT2D eigenvalue weighted by molar-refractivity contribution is 0.515. The van der Waals surface area contributed by atoms with Crippen LogP contribution in [0.1, 0.15) is 13.3 Å². The average molecular weight is 203 g/mol. The first kappa shape index (κ1) is 11.1. The van der Waals surface area contributed by atoms with Gasteiger partial charge in [0, 0.05) is 6.54 Å². The van der Waals surface area contributed by atoms with Crippen molar-refractivity contribution in [2.24, 2.45) is 4.99 Å². The number of para-hydroxylation sites is 1. The van der Waals surface area contributed by atoms with Crippen molar-refractivity contribution in [2.75, 3.05) is 6.54 Å². The Morgan fingerprint density at radius 2 is 2.20 bits per heavy atom. The SMILES string of the molecule is CCCN/C(=N/C#N)Oc1ccccc1. The zero-order chi connectivity index (χ0) is 10.9. The fourth-order valence-corrected chi connectivity index (χ4v) is 0.976. The summed E-state index contributed by atoms with van der Waals surface area (Å²) in [6, 6.07) is 9.47. The molecular weight excluding hydrogens is 190 g/mol. The van der Waals surface area contributed by atoms with Crippen LogP contribution in [0.2, 0.25) is 0 Å². The summed E-state index contributed by atoms with van der Waals surface area (Å²) in [5, 5.41) is 11.4. The van der Waals surface area contributed by atoms with E-state index in [1.165, 1.54) is 0 Å². The molecule has 0 aromatic heterocycles. The van der Waals surface area contributed by atoms with Gasteiger partial charge in [-0.1, -0.05) is 25.1 Å². The van der Waals surface area contributed by atoms with Crippen LogP contribution in [0, 0.1) is 11.5 Å². The van der Waals surface area contributed by atoms with Gasteiger partial charge in [-0.15, -0.1) is 4.99 Å². The average Bonchev–Trinajstić information content (AvgIpc) is 2.28. The Morgan fingerprint density at radius 3 is 2.80 bits per heavy atom. The zero-order valence-corrected chi connectivity index (χ0v) is 8.60. The van der Waals surface area contributed by atoms with E-state index in [0.29, 0.717) is 5.75 Å². The first-order valence-electron chi connectivity index (χ1n) is 4.80. The van der Waals surface area contributed by atoms with Crippen LogP contribution in [0.5, 0.6) is 5.75 Å². The molecule has 1 aromatic carbocycles. The highest BCUT2D eigenvalue weighted by molar-refractivity contribution is 5.77. The van der Waals surface area contributed by atoms with E-state index in [4.69, 9.17) is 10.00 Å². The van der Waals surface area contributed by atoms with E-state index in [0.717, 1.165) is 13.0 Å². The number of hydrogen-bond donors (Lipinski definition) is 1. The summed E-state index contributed by atoms with van der Waals surface area (Å²) in [6.45, 7) is 2.76. The van der Waals surface area contributed by atoms with E-state index >= 15 is 0 Å². The molecule has 0 saturated heterocycles. The first-order valence-corrected chi connectivity index (χ1v) is 4.80. The molecule has 0 spiro atoms. The zero-order valence-electron chi connectivity index (χ0n) is 8.60. The summed E-state index contributed by atoms with van der Waals surface area (Å²) in [5.41, 5.74) is 0. The first-order chi connectivity index (χ1) is 7.36. The number of nitriles is 1. The maximum atomic E-state index is 8.46. The molecule has 0 fully saturated rings. The summed E-state index contributed by atoms with van der Waals surface area (Å²) in [7, 11) is 0. The maximum absolute atomic E-state index is 8.46. The molecule has 0 bridgehead atoms. The molecule has 1 rings (SSSR count). The summed E-state index contributed by atoms with van der Waals surface area (Å²) in [6.07, 6.45) is 2.64. The van der Waals surface area contributed by atoms with E-state index in [-0.39, 0.29) is 6.02 Å². The van der Waals surface area contributed by atoms with Gasteiger partial charge in [0.2, 0.25) is 6.19 Å². The molecule has 0 heterocycles. The molecule has 15 heavy (non-hydrogen) atoms. The number of nitrogens with one attached hydrogen (secondary N) is 1. The minimum atomic E-state index is 0.241. The number of nitrogens with zero attached hydrogens (tertiary/aromatic N) is 2. The van der Waals surface area contributed by atoms with Crippen LogP contribution in [0.25, 0.3) is 0 Å². The molecular formula is C11H13N3O. The van der Waals surface area contributed by atoms with Crippen molar-refractivity contribution in [1.29, 1.82) is 5.26 Å². The third-order valence-electron chi connectivity index (χ3n) is 1.64. The van der Waals surface area contributed by atoms with Gasteiger partial charge in [0.25, 0.3) is 0 Å². The van der Waals surface area contributed by atoms with Crippen LogP contribution < -0.4 is 10.1 Å². The smallest absolute Gasteiger partial charge is 0.305 e. The van der Waals surface area contributed by atoms with Gasteiger partial charge in [-0.2, -0.15) is 5.26 Å². The van der Waals surface area contributed by atoms with Crippen LogP contribution in [0.3, 0.4) is 0 Å². The third-order valence-corrected chi connectivity index (χ3v) is 1.64. The van der Waals surface area contributed by atoms with Gasteiger partial charge in [0.05, 0.1) is 0 Å². The highest BCUT2D eigenvalue weighted by Gasteiger charge is 2.00. The monoisotopic (exact) mass is 203 g/mol. The predicted molar refractivity (Wildman–Crippen MR) is 58.4 cm³/mol. The molecule has 1 N–H and O–H groups in total. The number of benzene rings is 1. The Bertz CT molecular complexity index is 354. The molecule has 0 aliphatic carbocycles. The van der Waals surface area contributed by atoms with E-state index in [1.54, 1.807) is 18.3 Å². The number of rotatable bonds is 3. The number of ether oxygens (including phenoxy) is 1. The number of aliphatic imine (C=N–C) groups is 1. The molecule has 0 amide bonds. The van der Waals surface area contributed by atoms with Crippen LogP contribution in [0.4, 0.5) is 0 Å². The summed E-state index contributed by atoms with van der Waals surface area (Å²) < 4.78 is 5.37. The van der Waals surface area contributed by atoms with Gasteiger partial charge < -0.3 is 10.1 Å². The molecule has 0 aliphatic rings. The molecule has 4 heteroatoms. The molecule has 4 nitrogen and oxygen atoms in total. The van der Waals surface area contributed by atoms with Crippen LogP contribution in [0.15, 0.2) is 35.3 Å². The quantitative estimate of drug-likeness (QED) is 0.463. The second-order valence-corrected chi connectivity index (χ2v) is 2.86. The van der Waals surface area contributed by atoms with Gasteiger partial charge in [-0.3, -0.25) is 0 Å². The van der Waals surface area contributed by atoms with E-state index in [9.17, 15) is 0 Å². The van der Waals surface area contributed by atoms with Gasteiger partial charge in [0.1, 0.15) is 5.75 Å². The minimum Gasteiger partial charge on any atom is -0.425 e. The Morgan fingerprint density at radius 1 is 1.47 bits per heavy atom. The second-order valence-electron chi connectivity index (χ2n) is 2.86. The maximum Gasteiger partial charge on any atom is 0.305 e. The van der Waals surface area contributed by atoms with Gasteiger partial charge in [-0.05, 0) is 18.6 Å². The molecule has 0 atom stereocenters. The predicted octanol–water partition coefficient (Wildman–Crippen LogP) is 1.90. The Hall–Kier alpha value is -2.02. The number of hydrogen-bond acceptors (Lipinski definition) is 3. The van der Waals surface area contributed by atoms with Gasteiger partial charge >= 0.3 is 6.02 Å². The third kappa shape index (κ3) is 4.14. The van der Waals surface area contributed by atoms with Crippen molar-refractivity contribution in [3.8, 4) is 11.9 Å². The largest absolute Gasteiger partial charge is 0.425 e. The van der Waals surface area contributed by atoms with Crippen LogP contribution in [-0.4, -0.2) is 12.6 Å². The lowest BCUT2D eigenvalue weighted by atomic mass is 10.3. The molecule has 0 saturated carbocycles. The lowest BCUT2D eigenvalue weighted by Crippen LogP contribution is -2.29.